The van der Waals surface area contributed by atoms with Gasteiger partial charge in [0.1, 0.15) is 11.5 Å². The maximum Gasteiger partial charge on any atom is 0.127 e. The number of aliphatic hydroxyl groups excluding tert-OH is 1. The second-order valence-electron chi connectivity index (χ2n) is 5.83. The van der Waals surface area contributed by atoms with E-state index in [0.717, 1.165) is 36.3 Å². The normalized spacial score (nSPS) is 12.4. The molecule has 2 nitrogen and oxygen atoms in total. The lowest BCUT2D eigenvalue weighted by atomic mass is 10.00. The van der Waals surface area contributed by atoms with Gasteiger partial charge in [0.05, 0.1) is 6.10 Å². The molecule has 2 aromatic rings. The van der Waals surface area contributed by atoms with Crippen LogP contribution >= 0.6 is 0 Å². The van der Waals surface area contributed by atoms with Crippen molar-refractivity contribution in [1.29, 1.82) is 0 Å². The van der Waals surface area contributed by atoms with Crippen molar-refractivity contribution >= 4 is 0 Å². The summed E-state index contributed by atoms with van der Waals surface area (Å²) in [6, 6.07) is 17.4. The maximum absolute atomic E-state index is 10.3. The fraction of sp³-hybridized carbons (Fsp3) is 0.368. The second-order valence-corrected chi connectivity index (χ2v) is 5.83. The zero-order valence-electron chi connectivity index (χ0n) is 12.8. The summed E-state index contributed by atoms with van der Waals surface area (Å²) in [6.45, 7) is 4.42. The quantitative estimate of drug-likeness (QED) is 0.743. The number of para-hydroxylation sites is 1. The third-order valence-corrected chi connectivity index (χ3v) is 3.48. The smallest absolute Gasteiger partial charge is 0.127 e. The monoisotopic (exact) mass is 284 g/mol. The van der Waals surface area contributed by atoms with Crippen molar-refractivity contribution in [3.05, 3.63) is 60.2 Å². The molecule has 0 aliphatic heterocycles. The average molecular weight is 284 g/mol. The van der Waals surface area contributed by atoms with Crippen LogP contribution < -0.4 is 4.74 Å². The standard InChI is InChI=1S/C19H24O2/c1-15(2)8-6-13-19(20)16-9-7-12-18(14-16)21-17-10-4-3-5-11-17/h3-5,7,9-12,14-15,19-20H,6,8,13H2,1-2H3. The summed E-state index contributed by atoms with van der Waals surface area (Å²) >= 11 is 0. The van der Waals surface area contributed by atoms with E-state index in [4.69, 9.17) is 4.74 Å². The third-order valence-electron chi connectivity index (χ3n) is 3.48. The highest BCUT2D eigenvalue weighted by molar-refractivity contribution is 5.34. The summed E-state index contributed by atoms with van der Waals surface area (Å²) in [7, 11) is 0. The molecular formula is C19H24O2. The first-order chi connectivity index (χ1) is 10.1. The lowest BCUT2D eigenvalue weighted by molar-refractivity contribution is 0.161. The van der Waals surface area contributed by atoms with E-state index in [9.17, 15) is 5.11 Å². The Balaban J connectivity index is 1.97. The van der Waals surface area contributed by atoms with Gasteiger partial charge >= 0.3 is 0 Å². The highest BCUT2D eigenvalue weighted by Crippen LogP contribution is 2.27. The van der Waals surface area contributed by atoms with E-state index in [1.807, 2.05) is 54.6 Å². The molecule has 1 N–H and O–H groups in total. The third kappa shape index (κ3) is 5.24. The van der Waals surface area contributed by atoms with Crippen LogP contribution in [-0.2, 0) is 0 Å². The molecule has 0 bridgehead atoms. The number of ether oxygens (including phenoxy) is 1. The van der Waals surface area contributed by atoms with Gasteiger partial charge in [0, 0.05) is 0 Å². The van der Waals surface area contributed by atoms with Crippen LogP contribution in [0.3, 0.4) is 0 Å². The summed E-state index contributed by atoms with van der Waals surface area (Å²) in [5.74, 6) is 2.26. The summed E-state index contributed by atoms with van der Waals surface area (Å²) < 4.78 is 5.80. The van der Waals surface area contributed by atoms with Crippen LogP contribution in [0.2, 0.25) is 0 Å². The number of aliphatic hydroxyl groups is 1. The molecule has 2 aromatic carbocycles. The molecule has 2 rings (SSSR count). The van der Waals surface area contributed by atoms with Crippen LogP contribution in [0.25, 0.3) is 0 Å². The van der Waals surface area contributed by atoms with Crippen molar-refractivity contribution in [1.82, 2.24) is 0 Å². The highest BCUT2D eigenvalue weighted by Gasteiger charge is 2.09. The summed E-state index contributed by atoms with van der Waals surface area (Å²) in [5, 5.41) is 10.3. The lowest BCUT2D eigenvalue weighted by Gasteiger charge is -2.13. The van der Waals surface area contributed by atoms with Gasteiger partial charge in [-0.25, -0.2) is 0 Å². The largest absolute Gasteiger partial charge is 0.457 e. The zero-order valence-corrected chi connectivity index (χ0v) is 12.8. The van der Waals surface area contributed by atoms with Crippen LogP contribution in [0, 0.1) is 5.92 Å². The Morgan fingerprint density at radius 2 is 1.62 bits per heavy atom. The van der Waals surface area contributed by atoms with E-state index < -0.39 is 6.10 Å². The molecule has 0 aliphatic carbocycles. The minimum absolute atomic E-state index is 0.414. The van der Waals surface area contributed by atoms with Gasteiger partial charge in [0.15, 0.2) is 0 Å². The van der Waals surface area contributed by atoms with Gasteiger partial charge in [-0.3, -0.25) is 0 Å². The van der Waals surface area contributed by atoms with E-state index in [1.165, 1.54) is 0 Å². The Kier molecular flexibility index (Phi) is 5.82. The molecule has 112 valence electrons. The van der Waals surface area contributed by atoms with E-state index in [-0.39, 0.29) is 0 Å². The van der Waals surface area contributed by atoms with Crippen LogP contribution in [0.5, 0.6) is 11.5 Å². The zero-order chi connectivity index (χ0) is 15.1. The first kappa shape index (κ1) is 15.6. The average Bonchev–Trinajstić information content (AvgIpc) is 2.48. The molecule has 0 saturated carbocycles. The van der Waals surface area contributed by atoms with Crippen molar-refractivity contribution in [2.24, 2.45) is 5.92 Å². The topological polar surface area (TPSA) is 29.5 Å². The van der Waals surface area contributed by atoms with Crippen molar-refractivity contribution in [3.8, 4) is 11.5 Å². The van der Waals surface area contributed by atoms with E-state index in [2.05, 4.69) is 13.8 Å². The molecule has 0 fully saturated rings. The minimum atomic E-state index is -0.414. The molecule has 0 saturated heterocycles. The van der Waals surface area contributed by atoms with Crippen molar-refractivity contribution in [2.45, 2.75) is 39.2 Å². The van der Waals surface area contributed by atoms with Crippen molar-refractivity contribution in [2.75, 3.05) is 0 Å². The van der Waals surface area contributed by atoms with Gasteiger partial charge in [-0.15, -0.1) is 0 Å². The Labute approximate surface area is 127 Å². The van der Waals surface area contributed by atoms with Gasteiger partial charge in [-0.1, -0.05) is 57.0 Å². The predicted octanol–water partition coefficient (Wildman–Crippen LogP) is 5.34. The van der Waals surface area contributed by atoms with Crippen LogP contribution in [0.1, 0.15) is 44.8 Å². The fourth-order valence-corrected chi connectivity index (χ4v) is 2.30. The van der Waals surface area contributed by atoms with E-state index in [0.29, 0.717) is 5.92 Å². The summed E-state index contributed by atoms with van der Waals surface area (Å²) in [5.41, 5.74) is 0.923. The molecular weight excluding hydrogens is 260 g/mol. The van der Waals surface area contributed by atoms with E-state index in [1.54, 1.807) is 0 Å². The molecule has 1 unspecified atom stereocenters. The fourth-order valence-electron chi connectivity index (χ4n) is 2.30. The van der Waals surface area contributed by atoms with Crippen molar-refractivity contribution in [3.63, 3.8) is 0 Å². The minimum Gasteiger partial charge on any atom is -0.457 e. The van der Waals surface area contributed by atoms with Gasteiger partial charge in [-0.05, 0) is 42.2 Å². The SMILES string of the molecule is CC(C)CCCC(O)c1cccc(Oc2ccccc2)c1. The number of rotatable bonds is 7. The molecule has 1 atom stereocenters. The molecule has 0 heterocycles. The Hall–Kier alpha value is -1.80. The van der Waals surface area contributed by atoms with Gasteiger partial charge < -0.3 is 9.84 Å². The molecule has 0 spiro atoms. The lowest BCUT2D eigenvalue weighted by Crippen LogP contribution is -1.99. The summed E-state index contributed by atoms with van der Waals surface area (Å²) in [6.07, 6.45) is 2.58. The maximum atomic E-state index is 10.3. The molecule has 2 heteroatoms. The highest BCUT2D eigenvalue weighted by atomic mass is 16.5. The van der Waals surface area contributed by atoms with Gasteiger partial charge in [0.25, 0.3) is 0 Å². The van der Waals surface area contributed by atoms with Crippen molar-refractivity contribution < 1.29 is 9.84 Å². The summed E-state index contributed by atoms with van der Waals surface area (Å²) in [4.78, 5) is 0. The van der Waals surface area contributed by atoms with Gasteiger partial charge in [-0.2, -0.15) is 0 Å². The number of benzene rings is 2. The number of hydrogen-bond donors (Lipinski definition) is 1. The molecule has 0 radical (unpaired) electrons. The first-order valence-corrected chi connectivity index (χ1v) is 7.66. The van der Waals surface area contributed by atoms with Crippen LogP contribution in [-0.4, -0.2) is 5.11 Å². The predicted molar refractivity (Wildman–Crippen MR) is 86.6 cm³/mol. The molecule has 0 amide bonds. The van der Waals surface area contributed by atoms with Gasteiger partial charge in [0.2, 0.25) is 0 Å². The Morgan fingerprint density at radius 1 is 0.905 bits per heavy atom. The Bertz CT molecular complexity index is 534. The molecule has 0 aliphatic rings. The second kappa shape index (κ2) is 7.84. The molecule has 21 heavy (non-hydrogen) atoms. The first-order valence-electron chi connectivity index (χ1n) is 7.66. The van der Waals surface area contributed by atoms with E-state index >= 15 is 0 Å². The Morgan fingerprint density at radius 3 is 2.33 bits per heavy atom. The number of hydrogen-bond acceptors (Lipinski definition) is 2. The molecule has 0 aromatic heterocycles. The van der Waals surface area contributed by atoms with Crippen LogP contribution in [0.15, 0.2) is 54.6 Å². The van der Waals surface area contributed by atoms with Crippen LogP contribution in [0.4, 0.5) is 0 Å².